The van der Waals surface area contributed by atoms with Gasteiger partial charge in [-0.1, -0.05) is 24.3 Å². The molecule has 0 aliphatic heterocycles. The minimum atomic E-state index is -3.86. The number of nitrogens with one attached hydrogen (secondary N) is 1. The summed E-state index contributed by atoms with van der Waals surface area (Å²) in [7, 11) is -3.86. The summed E-state index contributed by atoms with van der Waals surface area (Å²) in [4.78, 5) is 4.20. The second-order valence-electron chi connectivity index (χ2n) is 4.86. The third kappa shape index (κ3) is 3.24. The topological polar surface area (TPSA) is 72.2 Å². The molecule has 118 valence electrons. The van der Waals surface area contributed by atoms with Gasteiger partial charge in [-0.25, -0.2) is 17.8 Å². The molecule has 0 unspecified atom stereocenters. The fourth-order valence-corrected chi connectivity index (χ4v) is 3.12. The number of nitrogens with zero attached hydrogens (tertiary/aromatic N) is 1. The first-order valence-corrected chi connectivity index (χ1v) is 8.24. The predicted molar refractivity (Wildman–Crippen MR) is 83.9 cm³/mol. The Labute approximate surface area is 132 Å². The molecule has 23 heavy (non-hydrogen) atoms. The molecule has 0 fully saturated rings. The van der Waals surface area contributed by atoms with Crippen LogP contribution in [0.3, 0.4) is 0 Å². The highest BCUT2D eigenvalue weighted by atomic mass is 32.2. The van der Waals surface area contributed by atoms with Crippen molar-refractivity contribution in [2.45, 2.75) is 11.8 Å². The zero-order valence-electron chi connectivity index (χ0n) is 12.2. The smallest absolute Gasteiger partial charge is 0.261 e. The Morgan fingerprint density at radius 1 is 1.09 bits per heavy atom. The molecule has 3 aromatic rings. The molecule has 5 nitrogen and oxygen atoms in total. The number of para-hydroxylation sites is 1. The van der Waals surface area contributed by atoms with Crippen LogP contribution in [0.15, 0.2) is 64.1 Å². The van der Waals surface area contributed by atoms with Crippen molar-refractivity contribution in [3.8, 4) is 11.3 Å². The van der Waals surface area contributed by atoms with Gasteiger partial charge in [0.05, 0.1) is 10.6 Å². The van der Waals surface area contributed by atoms with Crippen molar-refractivity contribution in [1.82, 2.24) is 4.98 Å². The zero-order chi connectivity index (χ0) is 16.4. The van der Waals surface area contributed by atoms with Crippen molar-refractivity contribution in [3.05, 3.63) is 66.5 Å². The quantitative estimate of drug-likeness (QED) is 0.792. The average Bonchev–Trinajstić information content (AvgIpc) is 2.96. The van der Waals surface area contributed by atoms with Gasteiger partial charge >= 0.3 is 0 Å². The molecule has 1 aromatic heterocycles. The predicted octanol–water partition coefficient (Wildman–Crippen LogP) is 3.59. The van der Waals surface area contributed by atoms with E-state index in [9.17, 15) is 12.8 Å². The summed E-state index contributed by atoms with van der Waals surface area (Å²) in [5.41, 5.74) is 1.25. The molecule has 7 heteroatoms. The molecular formula is C16H13FN2O3S. The van der Waals surface area contributed by atoms with Crippen LogP contribution in [0.2, 0.25) is 0 Å². The minimum Gasteiger partial charge on any atom is -0.449 e. The third-order valence-electron chi connectivity index (χ3n) is 3.20. The number of hydrogen-bond donors (Lipinski definition) is 1. The van der Waals surface area contributed by atoms with Crippen LogP contribution >= 0.6 is 0 Å². The lowest BCUT2D eigenvalue weighted by Gasteiger charge is -2.09. The number of oxazole rings is 1. The lowest BCUT2D eigenvalue weighted by atomic mass is 10.2. The highest BCUT2D eigenvalue weighted by molar-refractivity contribution is 7.92. The fraction of sp³-hybridized carbons (Fsp3) is 0.0625. The van der Waals surface area contributed by atoms with Crippen LogP contribution in [-0.2, 0) is 10.0 Å². The normalized spacial score (nSPS) is 11.4. The molecule has 0 atom stereocenters. The molecule has 3 rings (SSSR count). The maximum Gasteiger partial charge on any atom is 0.261 e. The van der Waals surface area contributed by atoms with Crippen molar-refractivity contribution in [3.63, 3.8) is 0 Å². The van der Waals surface area contributed by atoms with E-state index in [1.165, 1.54) is 36.6 Å². The summed E-state index contributed by atoms with van der Waals surface area (Å²) in [5, 5.41) is 0. The van der Waals surface area contributed by atoms with Crippen molar-refractivity contribution >= 4 is 15.7 Å². The number of sulfonamides is 1. The molecule has 0 amide bonds. The van der Waals surface area contributed by atoms with Gasteiger partial charge in [0, 0.05) is 12.5 Å². The maximum atomic E-state index is 13.6. The van der Waals surface area contributed by atoms with Crippen LogP contribution in [0.25, 0.3) is 11.3 Å². The molecule has 0 radical (unpaired) electrons. The largest absolute Gasteiger partial charge is 0.449 e. The monoisotopic (exact) mass is 332 g/mol. The molecule has 0 spiro atoms. The van der Waals surface area contributed by atoms with Crippen LogP contribution < -0.4 is 4.72 Å². The van der Waals surface area contributed by atoms with E-state index in [0.717, 1.165) is 5.56 Å². The van der Waals surface area contributed by atoms with Crippen molar-refractivity contribution in [2.75, 3.05) is 4.72 Å². The molecule has 0 saturated heterocycles. The molecule has 0 aliphatic carbocycles. The summed E-state index contributed by atoms with van der Waals surface area (Å²) in [5.74, 6) is -0.108. The number of benzene rings is 2. The second kappa shape index (κ2) is 5.85. The molecule has 0 bridgehead atoms. The third-order valence-corrected chi connectivity index (χ3v) is 4.58. The molecule has 2 aromatic carbocycles. The Morgan fingerprint density at radius 3 is 2.39 bits per heavy atom. The number of rotatable bonds is 4. The average molecular weight is 332 g/mol. The zero-order valence-corrected chi connectivity index (χ0v) is 13.0. The Balaban J connectivity index is 1.87. The van der Waals surface area contributed by atoms with Crippen molar-refractivity contribution in [2.24, 2.45) is 0 Å². The number of aryl methyl sites for hydroxylation is 1. The van der Waals surface area contributed by atoms with E-state index >= 15 is 0 Å². The van der Waals surface area contributed by atoms with Gasteiger partial charge in [-0.3, -0.25) is 4.72 Å². The van der Waals surface area contributed by atoms with E-state index in [4.69, 9.17) is 4.42 Å². The first-order chi connectivity index (χ1) is 11.0. The Hall–Kier alpha value is -2.67. The van der Waals surface area contributed by atoms with Gasteiger partial charge in [-0.15, -0.1) is 0 Å². The Kier molecular flexibility index (Phi) is 3.87. The maximum absolute atomic E-state index is 13.6. The summed E-state index contributed by atoms with van der Waals surface area (Å²) < 4.78 is 45.5. The number of halogens is 1. The SMILES string of the molecule is Cc1nc(-c2ccc(S(=O)(=O)Nc3ccccc3F)cc2)co1. The van der Waals surface area contributed by atoms with Crippen molar-refractivity contribution < 1.29 is 17.2 Å². The van der Waals surface area contributed by atoms with Crippen LogP contribution in [-0.4, -0.2) is 13.4 Å². The number of aromatic nitrogens is 1. The van der Waals surface area contributed by atoms with Gasteiger partial charge in [-0.2, -0.15) is 0 Å². The van der Waals surface area contributed by atoms with Gasteiger partial charge in [-0.05, 0) is 24.3 Å². The van der Waals surface area contributed by atoms with Crippen molar-refractivity contribution in [1.29, 1.82) is 0 Å². The van der Waals surface area contributed by atoms with E-state index in [1.807, 2.05) is 0 Å². The Morgan fingerprint density at radius 2 is 1.78 bits per heavy atom. The lowest BCUT2D eigenvalue weighted by molar-refractivity contribution is 0.521. The fourth-order valence-electron chi connectivity index (χ4n) is 2.05. The molecule has 0 aliphatic rings. The van der Waals surface area contributed by atoms with E-state index in [2.05, 4.69) is 9.71 Å². The molecule has 0 saturated carbocycles. The van der Waals surface area contributed by atoms with Gasteiger partial charge in [0.1, 0.15) is 17.8 Å². The summed E-state index contributed by atoms with van der Waals surface area (Å²) in [6.45, 7) is 1.72. The van der Waals surface area contributed by atoms with Crippen LogP contribution in [0.1, 0.15) is 5.89 Å². The Bertz CT molecular complexity index is 934. The lowest BCUT2D eigenvalue weighted by Crippen LogP contribution is -2.13. The summed E-state index contributed by atoms with van der Waals surface area (Å²) in [6.07, 6.45) is 1.50. The highest BCUT2D eigenvalue weighted by Crippen LogP contribution is 2.23. The van der Waals surface area contributed by atoms with Gasteiger partial charge < -0.3 is 4.42 Å². The van der Waals surface area contributed by atoms with Crippen LogP contribution in [0.5, 0.6) is 0 Å². The van der Waals surface area contributed by atoms with E-state index in [-0.39, 0.29) is 10.6 Å². The highest BCUT2D eigenvalue weighted by Gasteiger charge is 2.16. The van der Waals surface area contributed by atoms with Gasteiger partial charge in [0.25, 0.3) is 10.0 Å². The van der Waals surface area contributed by atoms with Gasteiger partial charge in [0.2, 0.25) is 0 Å². The first kappa shape index (κ1) is 15.2. The van der Waals surface area contributed by atoms with E-state index in [1.54, 1.807) is 25.1 Å². The second-order valence-corrected chi connectivity index (χ2v) is 6.54. The molecule has 1 heterocycles. The molecular weight excluding hydrogens is 319 g/mol. The minimum absolute atomic E-state index is 0.0321. The van der Waals surface area contributed by atoms with Gasteiger partial charge in [0.15, 0.2) is 5.89 Å². The standard InChI is InChI=1S/C16H13FN2O3S/c1-11-18-16(10-22-11)12-6-8-13(9-7-12)23(20,21)19-15-5-3-2-4-14(15)17/h2-10,19H,1H3. The first-order valence-electron chi connectivity index (χ1n) is 6.75. The van der Waals surface area contributed by atoms with Crippen LogP contribution in [0, 0.1) is 12.7 Å². The van der Waals surface area contributed by atoms with E-state index in [0.29, 0.717) is 11.6 Å². The summed E-state index contributed by atoms with van der Waals surface area (Å²) >= 11 is 0. The number of hydrogen-bond acceptors (Lipinski definition) is 4. The van der Waals surface area contributed by atoms with E-state index < -0.39 is 15.8 Å². The number of anilines is 1. The van der Waals surface area contributed by atoms with Crippen LogP contribution in [0.4, 0.5) is 10.1 Å². The molecule has 1 N–H and O–H groups in total. The summed E-state index contributed by atoms with van der Waals surface area (Å²) in [6, 6.07) is 11.7.